The van der Waals surface area contributed by atoms with Crippen LogP contribution in [0.5, 0.6) is 0 Å². The molecule has 4 rings (SSSR count). The molecule has 200 valence electrons. The van der Waals surface area contributed by atoms with Crippen LogP contribution in [-0.4, -0.2) is 85.3 Å². The van der Waals surface area contributed by atoms with E-state index < -0.39 is 28.7 Å². The van der Waals surface area contributed by atoms with Gasteiger partial charge in [-0.1, -0.05) is 42.5 Å². The van der Waals surface area contributed by atoms with Crippen molar-refractivity contribution < 1.29 is 19.5 Å². The quantitative estimate of drug-likeness (QED) is 0.449. The predicted molar refractivity (Wildman–Crippen MR) is 147 cm³/mol. The highest BCUT2D eigenvalue weighted by Crippen LogP contribution is 2.67. The molecule has 2 bridgehead atoms. The van der Waals surface area contributed by atoms with Crippen molar-refractivity contribution in [3.63, 3.8) is 0 Å². The molecule has 0 saturated carbocycles. The fraction of sp³-hybridized carbons (Fsp3) is 0.552. The molecule has 6 atom stereocenters. The van der Waals surface area contributed by atoms with Crippen LogP contribution in [0.4, 0.5) is 0 Å². The Morgan fingerprint density at radius 2 is 1.84 bits per heavy atom. The number of nitrogens with zero attached hydrogens (tertiary/aromatic N) is 3. The molecule has 3 heterocycles. The number of rotatable bonds is 11. The maximum absolute atomic E-state index is 14.1. The summed E-state index contributed by atoms with van der Waals surface area (Å²) in [6.45, 7) is 14.3. The van der Waals surface area contributed by atoms with E-state index in [1.165, 1.54) is 0 Å². The lowest BCUT2D eigenvalue weighted by molar-refractivity contribution is -0.147. The summed E-state index contributed by atoms with van der Waals surface area (Å²) >= 11 is 1.66. The molecule has 3 fully saturated rings. The summed E-state index contributed by atoms with van der Waals surface area (Å²) in [5.41, 5.74) is 1.02. The molecule has 1 aromatic carbocycles. The highest BCUT2D eigenvalue weighted by Gasteiger charge is 2.74. The summed E-state index contributed by atoms with van der Waals surface area (Å²) in [6, 6.07) is 8.49. The van der Waals surface area contributed by atoms with E-state index in [1.807, 2.05) is 44.2 Å². The standard InChI is InChI=1S/C29H39N3O4S/c1-6-15-30(17-21-11-9-8-10-12-21)26(34)23-22-13-14-29(37-22)24(23)27(35)32(20(5)18-33)25(29)28(36)31(16-7-2)19(3)4/h6-12,19-20,22-25,33H,1-2,13-18H2,3-5H3/t20-,22+,23-,24+,25?,29?/m1/s1. The third kappa shape index (κ3) is 4.63. The first-order valence-electron chi connectivity index (χ1n) is 13.2. The molecule has 3 aliphatic rings. The smallest absolute Gasteiger partial charge is 0.247 e. The highest BCUT2D eigenvalue weighted by atomic mass is 32.2. The first-order valence-corrected chi connectivity index (χ1v) is 14.1. The zero-order chi connectivity index (χ0) is 26.9. The van der Waals surface area contributed by atoms with Crippen molar-refractivity contribution in [1.82, 2.24) is 14.7 Å². The van der Waals surface area contributed by atoms with Crippen LogP contribution in [0.2, 0.25) is 0 Å². The Bertz CT molecular complexity index is 1050. The Hall–Kier alpha value is -2.58. The average molecular weight is 526 g/mol. The number of carbonyl (C=O) groups is 3. The second-order valence-corrected chi connectivity index (χ2v) is 12.3. The monoisotopic (exact) mass is 525 g/mol. The number of amides is 3. The van der Waals surface area contributed by atoms with Gasteiger partial charge in [0.25, 0.3) is 0 Å². The second kappa shape index (κ2) is 11.0. The SMILES string of the molecule is C=CCN(Cc1ccccc1)C(=O)[C@@H]1[C@@H]2CCC3(S2)C(C(=O)N(CC=C)C(C)C)N([C@H](C)CO)C(=O)[C@H]13. The van der Waals surface area contributed by atoms with Gasteiger partial charge in [-0.25, -0.2) is 0 Å². The molecular weight excluding hydrogens is 486 g/mol. The molecule has 0 radical (unpaired) electrons. The average Bonchev–Trinajstić information content (AvgIpc) is 3.53. The zero-order valence-electron chi connectivity index (χ0n) is 22.1. The van der Waals surface area contributed by atoms with Crippen molar-refractivity contribution >= 4 is 29.5 Å². The lowest BCUT2D eigenvalue weighted by Gasteiger charge is -2.40. The number of hydrogen-bond acceptors (Lipinski definition) is 5. The van der Waals surface area contributed by atoms with Gasteiger partial charge in [0.05, 0.1) is 29.2 Å². The maximum Gasteiger partial charge on any atom is 0.247 e. The molecular formula is C29H39N3O4S. The maximum atomic E-state index is 14.1. The number of fused-ring (bicyclic) bond motifs is 1. The lowest BCUT2D eigenvalue weighted by Crippen LogP contribution is -2.58. The molecule has 3 saturated heterocycles. The van der Waals surface area contributed by atoms with Gasteiger partial charge in [-0.2, -0.15) is 0 Å². The largest absolute Gasteiger partial charge is 0.394 e. The van der Waals surface area contributed by atoms with Crippen LogP contribution in [0.15, 0.2) is 55.6 Å². The van der Waals surface area contributed by atoms with E-state index in [-0.39, 0.29) is 35.6 Å². The van der Waals surface area contributed by atoms with Gasteiger partial charge in [-0.05, 0) is 39.2 Å². The number of aliphatic hydroxyl groups excluding tert-OH is 1. The number of hydrogen-bond donors (Lipinski definition) is 1. The van der Waals surface area contributed by atoms with Crippen LogP contribution >= 0.6 is 11.8 Å². The highest BCUT2D eigenvalue weighted by molar-refractivity contribution is 8.02. The van der Waals surface area contributed by atoms with E-state index in [9.17, 15) is 19.5 Å². The molecule has 0 aliphatic carbocycles. The van der Waals surface area contributed by atoms with Crippen molar-refractivity contribution in [2.75, 3.05) is 19.7 Å². The van der Waals surface area contributed by atoms with Crippen LogP contribution in [0.1, 0.15) is 39.2 Å². The fourth-order valence-corrected chi connectivity index (χ4v) is 8.66. The number of thioether (sulfide) groups is 1. The molecule has 3 amide bonds. The first-order chi connectivity index (χ1) is 17.7. The van der Waals surface area contributed by atoms with Crippen LogP contribution in [-0.2, 0) is 20.9 Å². The van der Waals surface area contributed by atoms with Crippen LogP contribution in [0.25, 0.3) is 0 Å². The summed E-state index contributed by atoms with van der Waals surface area (Å²) < 4.78 is -0.677. The first kappa shape index (κ1) is 27.5. The van der Waals surface area contributed by atoms with Crippen LogP contribution < -0.4 is 0 Å². The topological polar surface area (TPSA) is 81.2 Å². The van der Waals surface area contributed by atoms with Crippen LogP contribution in [0.3, 0.4) is 0 Å². The van der Waals surface area contributed by atoms with Crippen molar-refractivity contribution in [3.05, 3.63) is 61.2 Å². The molecule has 8 heteroatoms. The molecule has 0 aromatic heterocycles. The fourth-order valence-electron chi connectivity index (χ4n) is 6.47. The van der Waals surface area contributed by atoms with Gasteiger partial charge in [-0.3, -0.25) is 14.4 Å². The van der Waals surface area contributed by atoms with Crippen molar-refractivity contribution in [3.8, 4) is 0 Å². The minimum atomic E-state index is -0.718. The molecule has 1 N–H and O–H groups in total. The molecule has 2 unspecified atom stereocenters. The summed E-state index contributed by atoms with van der Waals surface area (Å²) in [4.78, 5) is 47.5. The van der Waals surface area contributed by atoms with Gasteiger partial charge in [-0.15, -0.1) is 24.9 Å². The number of likely N-dealkylation sites (tertiary alicyclic amines) is 1. The molecule has 37 heavy (non-hydrogen) atoms. The Balaban J connectivity index is 1.72. The Morgan fingerprint density at radius 3 is 2.43 bits per heavy atom. The minimum absolute atomic E-state index is 0.0154. The minimum Gasteiger partial charge on any atom is -0.394 e. The number of aliphatic hydroxyl groups is 1. The molecule has 3 aliphatic heterocycles. The third-order valence-electron chi connectivity index (χ3n) is 8.11. The van der Waals surface area contributed by atoms with Gasteiger partial charge in [0.1, 0.15) is 6.04 Å². The van der Waals surface area contributed by atoms with E-state index in [0.29, 0.717) is 26.1 Å². The van der Waals surface area contributed by atoms with E-state index in [0.717, 1.165) is 12.0 Å². The summed E-state index contributed by atoms with van der Waals surface area (Å²) in [6.07, 6.45) is 4.90. The van der Waals surface area contributed by atoms with E-state index in [2.05, 4.69) is 13.2 Å². The summed E-state index contributed by atoms with van der Waals surface area (Å²) in [5.74, 6) is -1.47. The molecule has 1 spiro atoms. The Morgan fingerprint density at radius 1 is 1.16 bits per heavy atom. The van der Waals surface area contributed by atoms with Crippen molar-refractivity contribution in [1.29, 1.82) is 0 Å². The Labute approximate surface area is 224 Å². The van der Waals surface area contributed by atoms with E-state index >= 15 is 0 Å². The van der Waals surface area contributed by atoms with Crippen LogP contribution in [0, 0.1) is 11.8 Å². The third-order valence-corrected chi connectivity index (χ3v) is 10.1. The van der Waals surface area contributed by atoms with Gasteiger partial charge >= 0.3 is 0 Å². The number of carbonyl (C=O) groups excluding carboxylic acids is 3. The summed E-state index contributed by atoms with van der Waals surface area (Å²) in [7, 11) is 0. The van der Waals surface area contributed by atoms with Crippen molar-refractivity contribution in [2.45, 2.75) is 68.3 Å². The van der Waals surface area contributed by atoms with Gasteiger partial charge in [0.15, 0.2) is 0 Å². The molecule has 1 aromatic rings. The normalized spacial score (nSPS) is 28.8. The number of benzene rings is 1. The van der Waals surface area contributed by atoms with E-state index in [1.54, 1.807) is 45.5 Å². The second-order valence-electron chi connectivity index (χ2n) is 10.7. The van der Waals surface area contributed by atoms with Gasteiger partial charge < -0.3 is 19.8 Å². The van der Waals surface area contributed by atoms with Gasteiger partial charge in [0.2, 0.25) is 17.7 Å². The lowest BCUT2D eigenvalue weighted by atomic mass is 9.70. The van der Waals surface area contributed by atoms with Gasteiger partial charge in [0, 0.05) is 30.9 Å². The van der Waals surface area contributed by atoms with E-state index in [4.69, 9.17) is 0 Å². The Kier molecular flexibility index (Phi) is 8.19. The molecule has 7 nitrogen and oxygen atoms in total. The van der Waals surface area contributed by atoms with Crippen molar-refractivity contribution in [2.24, 2.45) is 11.8 Å². The zero-order valence-corrected chi connectivity index (χ0v) is 22.9. The summed E-state index contributed by atoms with van der Waals surface area (Å²) in [5, 5.41) is 10.0. The predicted octanol–water partition coefficient (Wildman–Crippen LogP) is 3.10.